The molecule has 1 rings (SSSR count). The maximum Gasteiger partial charge on any atom is 0.0638 e. The van der Waals surface area contributed by atoms with Crippen molar-refractivity contribution in [2.24, 2.45) is 0 Å². The van der Waals surface area contributed by atoms with E-state index in [1.165, 1.54) is 11.1 Å². The number of nitrogens with zero attached hydrogens (tertiary/aromatic N) is 2. The van der Waals surface area contributed by atoms with Gasteiger partial charge in [-0.3, -0.25) is 0 Å². The van der Waals surface area contributed by atoms with Gasteiger partial charge >= 0.3 is 0 Å². The Morgan fingerprint density at radius 2 is 1.80 bits per heavy atom. The Bertz CT molecular complexity index is 301. The Hall–Kier alpha value is -0.700. The third kappa shape index (κ3) is 3.74. The maximum absolute atomic E-state index is 3.74. The molecule has 0 spiro atoms. The van der Waals surface area contributed by atoms with Crippen molar-refractivity contribution in [3.63, 3.8) is 0 Å². The largest absolute Gasteiger partial charge is 0.383 e. The van der Waals surface area contributed by atoms with Gasteiger partial charge in [0.05, 0.1) is 4.83 Å². The van der Waals surface area contributed by atoms with Gasteiger partial charge in [0.2, 0.25) is 0 Å². The molecule has 0 amide bonds. The van der Waals surface area contributed by atoms with Crippen LogP contribution in [0.4, 0.5) is 0 Å². The van der Waals surface area contributed by atoms with Crippen molar-refractivity contribution in [3.8, 4) is 0 Å². The monoisotopic (exact) mass is 270 g/mol. The topological polar surface area (TPSA) is 6.48 Å². The molecule has 0 aromatic rings. The second-order valence-corrected chi connectivity index (χ2v) is 5.15. The first-order valence-electron chi connectivity index (χ1n) is 5.06. The molecule has 84 valence electrons. The number of alkyl halides is 1. The molecule has 0 N–H and O–H groups in total. The fourth-order valence-electron chi connectivity index (χ4n) is 1.59. The van der Waals surface area contributed by atoms with E-state index in [2.05, 4.69) is 64.4 Å². The lowest BCUT2D eigenvalue weighted by molar-refractivity contribution is 0.550. The number of hydrogen-bond acceptors (Lipinski definition) is 2. The van der Waals surface area contributed by atoms with Crippen LogP contribution in [0.15, 0.2) is 35.7 Å². The van der Waals surface area contributed by atoms with Gasteiger partial charge in [-0.1, -0.05) is 28.1 Å². The van der Waals surface area contributed by atoms with Crippen LogP contribution in [-0.2, 0) is 0 Å². The molecule has 0 aromatic carbocycles. The van der Waals surface area contributed by atoms with E-state index in [4.69, 9.17) is 0 Å². The highest BCUT2D eigenvalue weighted by Gasteiger charge is 2.17. The predicted octanol–water partition coefficient (Wildman–Crippen LogP) is 2.60. The summed E-state index contributed by atoms with van der Waals surface area (Å²) in [6.45, 7) is 0. The molecule has 15 heavy (non-hydrogen) atoms. The van der Waals surface area contributed by atoms with Gasteiger partial charge in [-0.05, 0) is 23.8 Å². The average molecular weight is 271 g/mol. The van der Waals surface area contributed by atoms with Crippen LogP contribution in [0, 0.1) is 0 Å². The zero-order valence-corrected chi connectivity index (χ0v) is 11.5. The standard InChI is InChI=1S/C12H19BrN2/c1-14(2)8-10-6-5-7-11(12(10)13)9-15(3)4/h5-6,8-9,12H,7H2,1-4H3/b10-8-,11-9+. The van der Waals surface area contributed by atoms with E-state index in [0.29, 0.717) is 4.83 Å². The lowest BCUT2D eigenvalue weighted by Gasteiger charge is -2.22. The quantitative estimate of drug-likeness (QED) is 0.712. The molecule has 0 bridgehead atoms. The van der Waals surface area contributed by atoms with Crippen LogP contribution in [0.25, 0.3) is 0 Å². The molecule has 2 nitrogen and oxygen atoms in total. The Morgan fingerprint density at radius 1 is 1.20 bits per heavy atom. The van der Waals surface area contributed by atoms with Gasteiger partial charge in [0.1, 0.15) is 0 Å². The van der Waals surface area contributed by atoms with Crippen LogP contribution in [0.5, 0.6) is 0 Å². The van der Waals surface area contributed by atoms with Gasteiger partial charge in [-0.25, -0.2) is 0 Å². The summed E-state index contributed by atoms with van der Waals surface area (Å²) in [4.78, 5) is 4.51. The summed E-state index contributed by atoms with van der Waals surface area (Å²) in [5.41, 5.74) is 2.70. The molecule has 0 aliphatic heterocycles. The maximum atomic E-state index is 3.74. The summed E-state index contributed by atoms with van der Waals surface area (Å²) in [5, 5.41) is 0. The van der Waals surface area contributed by atoms with Crippen molar-refractivity contribution in [2.45, 2.75) is 11.2 Å². The first-order chi connectivity index (χ1) is 7.00. The van der Waals surface area contributed by atoms with Gasteiger partial charge in [-0.2, -0.15) is 0 Å². The predicted molar refractivity (Wildman–Crippen MR) is 70.0 cm³/mol. The number of rotatable bonds is 2. The third-order valence-electron chi connectivity index (χ3n) is 2.11. The van der Waals surface area contributed by atoms with Gasteiger partial charge in [0.15, 0.2) is 0 Å². The van der Waals surface area contributed by atoms with E-state index < -0.39 is 0 Å². The molecule has 0 aromatic heterocycles. The smallest absolute Gasteiger partial charge is 0.0638 e. The lowest BCUT2D eigenvalue weighted by atomic mass is 9.97. The molecule has 1 unspecified atom stereocenters. The molecule has 1 aliphatic rings. The van der Waals surface area contributed by atoms with Crippen LogP contribution in [0.1, 0.15) is 6.42 Å². The fourth-order valence-corrected chi connectivity index (χ4v) is 2.17. The fraction of sp³-hybridized carbons (Fsp3) is 0.500. The van der Waals surface area contributed by atoms with E-state index in [0.717, 1.165) is 6.42 Å². The molecule has 0 fully saturated rings. The number of allylic oxidation sites excluding steroid dienone is 4. The van der Waals surface area contributed by atoms with E-state index >= 15 is 0 Å². The summed E-state index contributed by atoms with van der Waals surface area (Å²) in [7, 11) is 8.20. The highest BCUT2D eigenvalue weighted by molar-refractivity contribution is 9.09. The zero-order valence-electron chi connectivity index (χ0n) is 9.87. The number of hydrogen-bond donors (Lipinski definition) is 0. The Balaban J connectivity index is 2.89. The highest BCUT2D eigenvalue weighted by Crippen LogP contribution is 2.29. The summed E-state index contributed by atoms with van der Waals surface area (Å²) in [6, 6.07) is 0. The molecule has 3 heteroatoms. The summed E-state index contributed by atoms with van der Waals surface area (Å²) in [5.74, 6) is 0. The average Bonchev–Trinajstić information content (AvgIpc) is 2.10. The third-order valence-corrected chi connectivity index (χ3v) is 3.23. The highest BCUT2D eigenvalue weighted by atomic mass is 79.9. The molecular formula is C12H19BrN2. The first kappa shape index (κ1) is 12.4. The van der Waals surface area contributed by atoms with Crippen molar-refractivity contribution in [3.05, 3.63) is 35.7 Å². The molecular weight excluding hydrogens is 252 g/mol. The molecule has 0 saturated heterocycles. The van der Waals surface area contributed by atoms with Gasteiger partial charge in [0, 0.05) is 34.4 Å². The Kier molecular flexibility index (Phi) is 4.45. The van der Waals surface area contributed by atoms with E-state index in [9.17, 15) is 0 Å². The van der Waals surface area contributed by atoms with Crippen LogP contribution < -0.4 is 0 Å². The molecule has 1 atom stereocenters. The van der Waals surface area contributed by atoms with Gasteiger partial charge in [0.25, 0.3) is 0 Å². The molecule has 1 aliphatic carbocycles. The zero-order chi connectivity index (χ0) is 11.4. The minimum Gasteiger partial charge on any atom is -0.383 e. The lowest BCUT2D eigenvalue weighted by Crippen LogP contribution is -2.15. The van der Waals surface area contributed by atoms with Crippen molar-refractivity contribution in [1.29, 1.82) is 0 Å². The normalized spacial score (nSPS) is 26.1. The summed E-state index contributed by atoms with van der Waals surface area (Å²) < 4.78 is 0. The minimum atomic E-state index is 0.340. The van der Waals surface area contributed by atoms with Crippen molar-refractivity contribution in [2.75, 3.05) is 28.2 Å². The van der Waals surface area contributed by atoms with E-state index in [1.807, 2.05) is 14.1 Å². The van der Waals surface area contributed by atoms with Crippen molar-refractivity contribution >= 4 is 15.9 Å². The summed E-state index contributed by atoms with van der Waals surface area (Å²) in [6.07, 6.45) is 9.76. The summed E-state index contributed by atoms with van der Waals surface area (Å²) >= 11 is 3.74. The van der Waals surface area contributed by atoms with E-state index in [1.54, 1.807) is 0 Å². The van der Waals surface area contributed by atoms with Crippen LogP contribution in [0.2, 0.25) is 0 Å². The molecule has 0 radical (unpaired) electrons. The van der Waals surface area contributed by atoms with E-state index in [-0.39, 0.29) is 0 Å². The van der Waals surface area contributed by atoms with Crippen LogP contribution in [-0.4, -0.2) is 42.8 Å². The number of halogens is 1. The van der Waals surface area contributed by atoms with Gasteiger partial charge < -0.3 is 9.80 Å². The second-order valence-electron chi connectivity index (χ2n) is 4.23. The van der Waals surface area contributed by atoms with Crippen molar-refractivity contribution < 1.29 is 0 Å². The minimum absolute atomic E-state index is 0.340. The SMILES string of the molecule is CN(C)/C=C1/C=CC/C(=C\N(C)C)C1Br. The van der Waals surface area contributed by atoms with Crippen molar-refractivity contribution in [1.82, 2.24) is 9.80 Å². The van der Waals surface area contributed by atoms with Gasteiger partial charge in [-0.15, -0.1) is 0 Å². The second kappa shape index (κ2) is 5.40. The first-order valence-corrected chi connectivity index (χ1v) is 5.98. The Labute approximate surface area is 101 Å². The molecule has 0 heterocycles. The molecule has 0 saturated carbocycles. The Morgan fingerprint density at radius 3 is 2.33 bits per heavy atom. The van der Waals surface area contributed by atoms with Crippen LogP contribution in [0.3, 0.4) is 0 Å². The van der Waals surface area contributed by atoms with Crippen LogP contribution >= 0.6 is 15.9 Å².